The molecule has 0 radical (unpaired) electrons. The quantitative estimate of drug-likeness (QED) is 0.402. The van der Waals surface area contributed by atoms with Crippen molar-refractivity contribution >= 4 is 12.2 Å². The van der Waals surface area contributed by atoms with Crippen LogP contribution in [0.2, 0.25) is 0 Å². The van der Waals surface area contributed by atoms with Crippen LogP contribution in [0.3, 0.4) is 0 Å². The highest BCUT2D eigenvalue weighted by Crippen LogP contribution is 2.36. The van der Waals surface area contributed by atoms with Crippen molar-refractivity contribution in [2.24, 2.45) is 10.6 Å². The molecule has 0 spiro atoms. The molecule has 3 heteroatoms. The molecular weight excluding hydrogens is 286 g/mol. The summed E-state index contributed by atoms with van der Waals surface area (Å²) in [4.78, 5) is 16.9. The van der Waals surface area contributed by atoms with Crippen molar-refractivity contribution in [3.05, 3.63) is 59.2 Å². The maximum Gasteiger partial charge on any atom is 0.340 e. The molecule has 2 aromatic carbocycles. The Bertz CT molecular complexity index is 775. The van der Waals surface area contributed by atoms with Gasteiger partial charge >= 0.3 is 5.97 Å². The number of hydrogen-bond acceptors (Lipinski definition) is 3. The van der Waals surface area contributed by atoms with Crippen LogP contribution in [0, 0.1) is 5.41 Å². The van der Waals surface area contributed by atoms with E-state index in [0.717, 1.165) is 18.4 Å². The molecule has 1 aliphatic rings. The molecule has 0 heterocycles. The van der Waals surface area contributed by atoms with Crippen LogP contribution in [-0.4, -0.2) is 12.2 Å². The summed E-state index contributed by atoms with van der Waals surface area (Å²) in [6, 6.07) is 14.7. The van der Waals surface area contributed by atoms with E-state index in [-0.39, 0.29) is 5.97 Å². The molecule has 0 atom stereocenters. The van der Waals surface area contributed by atoms with Crippen LogP contribution in [0.15, 0.2) is 47.6 Å². The van der Waals surface area contributed by atoms with Gasteiger partial charge in [0.2, 0.25) is 0 Å². The molecule has 1 aliphatic carbocycles. The van der Waals surface area contributed by atoms with E-state index in [1.165, 1.54) is 22.3 Å². The van der Waals surface area contributed by atoms with Crippen molar-refractivity contribution < 1.29 is 9.63 Å². The van der Waals surface area contributed by atoms with E-state index >= 15 is 0 Å². The lowest BCUT2D eigenvalue weighted by atomic mass is 9.91. The molecule has 0 bridgehead atoms. The lowest BCUT2D eigenvalue weighted by Crippen LogP contribution is -2.24. The minimum atomic E-state index is -0.506. The molecule has 0 amide bonds. The molecule has 0 saturated heterocycles. The fourth-order valence-electron chi connectivity index (χ4n) is 2.62. The summed E-state index contributed by atoms with van der Waals surface area (Å²) in [6.45, 7) is 5.68. The van der Waals surface area contributed by atoms with E-state index < -0.39 is 5.41 Å². The number of carbonyl (C=O) groups is 1. The zero-order chi connectivity index (χ0) is 16.4. The first kappa shape index (κ1) is 15.5. The SMILES string of the molecule is CCC(C)(C)C(=O)O/N=C\c1ccc2c(c1)-c1ccccc1C2. The van der Waals surface area contributed by atoms with Gasteiger partial charge in [0.05, 0.1) is 11.6 Å². The Kier molecular flexibility index (Phi) is 4.03. The van der Waals surface area contributed by atoms with Gasteiger partial charge in [-0.3, -0.25) is 0 Å². The van der Waals surface area contributed by atoms with Gasteiger partial charge in [-0.2, -0.15) is 0 Å². The molecule has 0 N–H and O–H groups in total. The summed E-state index contributed by atoms with van der Waals surface area (Å²) in [5, 5.41) is 3.86. The van der Waals surface area contributed by atoms with Crippen molar-refractivity contribution in [2.45, 2.75) is 33.6 Å². The number of carbonyl (C=O) groups excluding carboxylic acids is 1. The van der Waals surface area contributed by atoms with Crippen LogP contribution in [0.5, 0.6) is 0 Å². The summed E-state index contributed by atoms with van der Waals surface area (Å²) in [5.41, 5.74) is 5.63. The molecule has 0 aromatic heterocycles. The number of rotatable bonds is 4. The Labute approximate surface area is 137 Å². The van der Waals surface area contributed by atoms with Gasteiger partial charge in [-0.1, -0.05) is 48.5 Å². The monoisotopic (exact) mass is 307 g/mol. The number of hydrogen-bond donors (Lipinski definition) is 0. The molecule has 0 saturated carbocycles. The maximum atomic E-state index is 11.9. The first-order valence-corrected chi connectivity index (χ1v) is 7.97. The Morgan fingerprint density at radius 1 is 1.17 bits per heavy atom. The highest BCUT2D eigenvalue weighted by Gasteiger charge is 2.27. The van der Waals surface area contributed by atoms with Gasteiger partial charge in [0, 0.05) is 0 Å². The first-order chi connectivity index (χ1) is 11.0. The van der Waals surface area contributed by atoms with Gasteiger partial charge in [-0.15, -0.1) is 0 Å². The second-order valence-electron chi connectivity index (χ2n) is 6.60. The Hall–Kier alpha value is -2.42. The minimum Gasteiger partial charge on any atom is -0.318 e. The third kappa shape index (κ3) is 3.04. The van der Waals surface area contributed by atoms with Crippen LogP contribution in [-0.2, 0) is 16.1 Å². The minimum absolute atomic E-state index is 0.303. The normalized spacial score (nSPS) is 13.0. The largest absolute Gasteiger partial charge is 0.340 e. The summed E-state index contributed by atoms with van der Waals surface area (Å²) < 4.78 is 0. The zero-order valence-corrected chi connectivity index (χ0v) is 13.8. The van der Waals surface area contributed by atoms with Crippen molar-refractivity contribution in [2.75, 3.05) is 0 Å². The van der Waals surface area contributed by atoms with Crippen LogP contribution in [0.25, 0.3) is 11.1 Å². The lowest BCUT2D eigenvalue weighted by molar-refractivity contribution is -0.154. The van der Waals surface area contributed by atoms with Crippen molar-refractivity contribution in [3.8, 4) is 11.1 Å². The molecular formula is C20H21NO2. The Balaban J connectivity index is 1.77. The van der Waals surface area contributed by atoms with Gasteiger partial charge < -0.3 is 4.84 Å². The number of nitrogens with zero attached hydrogens (tertiary/aromatic N) is 1. The fourth-order valence-corrected chi connectivity index (χ4v) is 2.62. The Morgan fingerprint density at radius 2 is 1.91 bits per heavy atom. The number of fused-ring (bicyclic) bond motifs is 3. The van der Waals surface area contributed by atoms with Gasteiger partial charge in [-0.25, -0.2) is 4.79 Å². The third-order valence-electron chi connectivity index (χ3n) is 4.60. The zero-order valence-electron chi connectivity index (χ0n) is 13.8. The Morgan fingerprint density at radius 3 is 2.70 bits per heavy atom. The molecule has 0 fully saturated rings. The van der Waals surface area contributed by atoms with E-state index in [9.17, 15) is 4.79 Å². The van der Waals surface area contributed by atoms with Gasteiger partial charge in [0.15, 0.2) is 0 Å². The molecule has 0 unspecified atom stereocenters. The molecule has 2 aromatic rings. The first-order valence-electron chi connectivity index (χ1n) is 7.97. The smallest absolute Gasteiger partial charge is 0.318 e. The fraction of sp³-hybridized carbons (Fsp3) is 0.300. The van der Waals surface area contributed by atoms with Crippen LogP contribution < -0.4 is 0 Å². The van der Waals surface area contributed by atoms with Crippen LogP contribution in [0.1, 0.15) is 43.9 Å². The van der Waals surface area contributed by atoms with Gasteiger partial charge in [-0.05, 0) is 60.6 Å². The molecule has 3 rings (SSSR count). The second kappa shape index (κ2) is 5.99. The van der Waals surface area contributed by atoms with Crippen molar-refractivity contribution in [1.29, 1.82) is 0 Å². The van der Waals surface area contributed by atoms with E-state index in [0.29, 0.717) is 0 Å². The van der Waals surface area contributed by atoms with Crippen molar-refractivity contribution in [1.82, 2.24) is 0 Å². The van der Waals surface area contributed by atoms with E-state index in [2.05, 4.69) is 41.6 Å². The summed E-state index contributed by atoms with van der Waals surface area (Å²) >= 11 is 0. The standard InChI is InChI=1S/C20H21NO2/c1-4-20(2,3)19(22)23-21-13-14-9-10-16-12-15-7-5-6-8-17(15)18(16)11-14/h5-11,13H,4,12H2,1-3H3/b21-13-. The maximum absolute atomic E-state index is 11.9. The average Bonchev–Trinajstić information content (AvgIpc) is 2.92. The second-order valence-corrected chi connectivity index (χ2v) is 6.60. The van der Waals surface area contributed by atoms with E-state index in [1.807, 2.05) is 26.8 Å². The summed E-state index contributed by atoms with van der Waals surface area (Å²) in [7, 11) is 0. The van der Waals surface area contributed by atoms with Crippen molar-refractivity contribution in [3.63, 3.8) is 0 Å². The predicted molar refractivity (Wildman–Crippen MR) is 92.4 cm³/mol. The summed E-state index contributed by atoms with van der Waals surface area (Å²) in [6.07, 6.45) is 3.30. The van der Waals surface area contributed by atoms with E-state index in [1.54, 1.807) is 6.21 Å². The van der Waals surface area contributed by atoms with Crippen LogP contribution in [0.4, 0.5) is 0 Å². The highest BCUT2D eigenvalue weighted by atomic mass is 16.7. The van der Waals surface area contributed by atoms with Crippen LogP contribution >= 0.6 is 0 Å². The van der Waals surface area contributed by atoms with Gasteiger partial charge in [0.25, 0.3) is 0 Å². The van der Waals surface area contributed by atoms with Gasteiger partial charge in [0.1, 0.15) is 0 Å². The highest BCUT2D eigenvalue weighted by molar-refractivity contribution is 5.86. The summed E-state index contributed by atoms with van der Waals surface area (Å²) in [5.74, 6) is -0.303. The molecule has 118 valence electrons. The van der Waals surface area contributed by atoms with E-state index in [4.69, 9.17) is 4.84 Å². The number of oxime groups is 1. The predicted octanol–water partition coefficient (Wildman–Crippen LogP) is 4.57. The average molecular weight is 307 g/mol. The third-order valence-corrected chi connectivity index (χ3v) is 4.60. The number of benzene rings is 2. The topological polar surface area (TPSA) is 38.7 Å². The molecule has 23 heavy (non-hydrogen) atoms. The lowest BCUT2D eigenvalue weighted by Gasteiger charge is -2.17. The molecule has 3 nitrogen and oxygen atoms in total. The molecule has 0 aliphatic heterocycles.